The SMILES string of the molecule is C=CCSCCNC(=NC)N1CCN(Cc2cc(OC)ccc2OC)CC1. The van der Waals surface area contributed by atoms with Gasteiger partial charge in [0.15, 0.2) is 5.96 Å². The zero-order chi connectivity index (χ0) is 19.5. The van der Waals surface area contributed by atoms with Crippen LogP contribution in [0.5, 0.6) is 11.5 Å². The van der Waals surface area contributed by atoms with Gasteiger partial charge in [0, 0.05) is 63.4 Å². The molecule has 0 aliphatic carbocycles. The second-order valence-corrected chi connectivity index (χ2v) is 7.43. The molecule has 0 aromatic heterocycles. The van der Waals surface area contributed by atoms with Crippen molar-refractivity contribution in [3.05, 3.63) is 36.4 Å². The Hall–Kier alpha value is -1.86. The number of rotatable bonds is 9. The summed E-state index contributed by atoms with van der Waals surface area (Å²) in [7, 11) is 5.26. The van der Waals surface area contributed by atoms with E-state index in [-0.39, 0.29) is 0 Å². The van der Waals surface area contributed by atoms with Crippen molar-refractivity contribution < 1.29 is 9.47 Å². The number of piperazine rings is 1. The Balaban J connectivity index is 1.83. The van der Waals surface area contributed by atoms with Gasteiger partial charge in [0.05, 0.1) is 14.2 Å². The van der Waals surface area contributed by atoms with Crippen molar-refractivity contribution in [1.29, 1.82) is 0 Å². The Morgan fingerprint density at radius 2 is 2.04 bits per heavy atom. The Morgan fingerprint density at radius 1 is 1.26 bits per heavy atom. The van der Waals surface area contributed by atoms with Crippen molar-refractivity contribution >= 4 is 17.7 Å². The average molecular weight is 393 g/mol. The van der Waals surface area contributed by atoms with Gasteiger partial charge < -0.3 is 19.7 Å². The normalized spacial score (nSPS) is 15.5. The molecule has 27 heavy (non-hydrogen) atoms. The zero-order valence-corrected chi connectivity index (χ0v) is 17.6. The Labute approximate surface area is 167 Å². The number of aliphatic imine (C=N–C) groups is 1. The molecule has 0 atom stereocenters. The first-order valence-corrected chi connectivity index (χ1v) is 10.4. The lowest BCUT2D eigenvalue weighted by Crippen LogP contribution is -2.52. The molecule has 7 heteroatoms. The molecule has 1 heterocycles. The smallest absolute Gasteiger partial charge is 0.193 e. The van der Waals surface area contributed by atoms with Crippen LogP contribution in [-0.2, 0) is 6.54 Å². The summed E-state index contributed by atoms with van der Waals surface area (Å²) in [6, 6.07) is 5.97. The van der Waals surface area contributed by atoms with E-state index in [1.807, 2.05) is 37.0 Å². The largest absolute Gasteiger partial charge is 0.497 e. The third-order valence-corrected chi connectivity index (χ3v) is 5.49. The Morgan fingerprint density at radius 3 is 2.67 bits per heavy atom. The maximum absolute atomic E-state index is 5.51. The highest BCUT2D eigenvalue weighted by molar-refractivity contribution is 7.99. The van der Waals surface area contributed by atoms with Crippen LogP contribution in [0.2, 0.25) is 0 Å². The minimum atomic E-state index is 0.860. The fourth-order valence-corrected chi connectivity index (χ4v) is 3.68. The number of hydrogen-bond acceptors (Lipinski definition) is 5. The van der Waals surface area contributed by atoms with Gasteiger partial charge in [0.25, 0.3) is 0 Å². The van der Waals surface area contributed by atoms with Gasteiger partial charge in [0.2, 0.25) is 0 Å². The number of ether oxygens (including phenoxy) is 2. The van der Waals surface area contributed by atoms with Gasteiger partial charge in [-0.2, -0.15) is 11.8 Å². The molecule has 0 radical (unpaired) electrons. The van der Waals surface area contributed by atoms with Crippen LogP contribution in [0.3, 0.4) is 0 Å². The highest BCUT2D eigenvalue weighted by atomic mass is 32.2. The quantitative estimate of drug-likeness (QED) is 0.301. The summed E-state index contributed by atoms with van der Waals surface area (Å²) in [4.78, 5) is 9.21. The highest BCUT2D eigenvalue weighted by Crippen LogP contribution is 2.25. The van der Waals surface area contributed by atoms with Crippen LogP contribution in [0.15, 0.2) is 35.8 Å². The second kappa shape index (κ2) is 11.8. The molecule has 1 saturated heterocycles. The molecule has 0 spiro atoms. The van der Waals surface area contributed by atoms with Crippen molar-refractivity contribution in [2.75, 3.05) is 65.5 Å². The maximum atomic E-state index is 5.51. The minimum Gasteiger partial charge on any atom is -0.497 e. The van der Waals surface area contributed by atoms with Crippen LogP contribution < -0.4 is 14.8 Å². The average Bonchev–Trinajstić information content (AvgIpc) is 2.71. The summed E-state index contributed by atoms with van der Waals surface area (Å²) in [6.07, 6.45) is 1.94. The number of guanidine groups is 1. The summed E-state index contributed by atoms with van der Waals surface area (Å²) in [6.45, 7) is 9.44. The van der Waals surface area contributed by atoms with Crippen LogP contribution in [0, 0.1) is 0 Å². The molecule has 1 fully saturated rings. The molecule has 1 N–H and O–H groups in total. The van der Waals surface area contributed by atoms with Crippen molar-refractivity contribution in [3.63, 3.8) is 0 Å². The monoisotopic (exact) mass is 392 g/mol. The fraction of sp³-hybridized carbons (Fsp3) is 0.550. The second-order valence-electron chi connectivity index (χ2n) is 6.28. The van der Waals surface area contributed by atoms with E-state index in [4.69, 9.17) is 9.47 Å². The first-order valence-electron chi connectivity index (χ1n) is 9.29. The Kier molecular flexibility index (Phi) is 9.35. The third kappa shape index (κ3) is 6.66. The molecule has 1 aromatic rings. The molecule has 1 aliphatic heterocycles. The standard InChI is InChI=1S/C20H32N4O2S/c1-5-13-27-14-8-22-20(21-2)24-11-9-23(10-12-24)16-17-15-18(25-3)6-7-19(17)26-4/h5-7,15H,1,8-14,16H2,2-4H3,(H,21,22). The predicted molar refractivity (Wildman–Crippen MR) is 115 cm³/mol. The van der Waals surface area contributed by atoms with E-state index in [2.05, 4.69) is 32.8 Å². The van der Waals surface area contributed by atoms with Crippen molar-refractivity contribution in [1.82, 2.24) is 15.1 Å². The number of nitrogens with one attached hydrogen (secondary N) is 1. The van der Waals surface area contributed by atoms with E-state index >= 15 is 0 Å². The lowest BCUT2D eigenvalue weighted by Gasteiger charge is -2.36. The van der Waals surface area contributed by atoms with Crippen molar-refractivity contribution in [3.8, 4) is 11.5 Å². The molecular weight excluding hydrogens is 360 g/mol. The fourth-order valence-electron chi connectivity index (χ4n) is 3.10. The summed E-state index contributed by atoms with van der Waals surface area (Å²) < 4.78 is 10.9. The number of hydrogen-bond donors (Lipinski definition) is 1. The van der Waals surface area contributed by atoms with Crippen LogP contribution in [-0.4, -0.2) is 81.3 Å². The molecule has 1 aliphatic rings. The summed E-state index contributed by atoms with van der Waals surface area (Å²) in [5, 5.41) is 3.46. The number of thioether (sulfide) groups is 1. The molecular formula is C20H32N4O2S. The molecule has 150 valence electrons. The molecule has 0 saturated carbocycles. The van der Waals surface area contributed by atoms with E-state index in [1.54, 1.807) is 14.2 Å². The molecule has 2 rings (SSSR count). The van der Waals surface area contributed by atoms with Crippen LogP contribution in [0.25, 0.3) is 0 Å². The van der Waals surface area contributed by atoms with Crippen LogP contribution >= 0.6 is 11.8 Å². The molecule has 0 bridgehead atoms. The Bertz CT molecular complexity index is 616. The van der Waals surface area contributed by atoms with Gasteiger partial charge >= 0.3 is 0 Å². The van der Waals surface area contributed by atoms with Gasteiger partial charge in [-0.1, -0.05) is 6.08 Å². The highest BCUT2D eigenvalue weighted by Gasteiger charge is 2.20. The van der Waals surface area contributed by atoms with E-state index < -0.39 is 0 Å². The molecule has 0 amide bonds. The summed E-state index contributed by atoms with van der Waals surface area (Å²) in [5.74, 6) is 4.82. The van der Waals surface area contributed by atoms with Gasteiger partial charge in [-0.05, 0) is 18.2 Å². The molecule has 0 unspecified atom stereocenters. The van der Waals surface area contributed by atoms with Crippen molar-refractivity contribution in [2.45, 2.75) is 6.54 Å². The topological polar surface area (TPSA) is 49.3 Å². The molecule has 6 nitrogen and oxygen atoms in total. The maximum Gasteiger partial charge on any atom is 0.193 e. The van der Waals surface area contributed by atoms with Gasteiger partial charge in [-0.25, -0.2) is 0 Å². The number of benzene rings is 1. The van der Waals surface area contributed by atoms with E-state index in [0.717, 1.165) is 73.8 Å². The van der Waals surface area contributed by atoms with E-state index in [1.165, 1.54) is 0 Å². The van der Waals surface area contributed by atoms with E-state index in [9.17, 15) is 0 Å². The third-order valence-electron chi connectivity index (χ3n) is 4.53. The first-order chi connectivity index (χ1) is 13.2. The lowest BCUT2D eigenvalue weighted by molar-refractivity contribution is 0.171. The van der Waals surface area contributed by atoms with Gasteiger partial charge in [-0.3, -0.25) is 9.89 Å². The summed E-state index contributed by atoms with van der Waals surface area (Å²) >= 11 is 1.88. The first kappa shape index (κ1) is 21.4. The molecule has 1 aromatic carbocycles. The predicted octanol–water partition coefficient (Wildman–Crippen LogP) is 2.32. The van der Waals surface area contributed by atoms with Gasteiger partial charge in [-0.15, -0.1) is 6.58 Å². The van der Waals surface area contributed by atoms with Gasteiger partial charge in [0.1, 0.15) is 11.5 Å². The van der Waals surface area contributed by atoms with Crippen LogP contribution in [0.4, 0.5) is 0 Å². The summed E-state index contributed by atoms with van der Waals surface area (Å²) in [5.41, 5.74) is 1.16. The number of nitrogens with zero attached hydrogens (tertiary/aromatic N) is 3. The number of methoxy groups -OCH3 is 2. The van der Waals surface area contributed by atoms with Crippen LogP contribution in [0.1, 0.15) is 5.56 Å². The van der Waals surface area contributed by atoms with E-state index in [0.29, 0.717) is 0 Å². The lowest BCUT2D eigenvalue weighted by atomic mass is 10.1. The zero-order valence-electron chi connectivity index (χ0n) is 16.7. The van der Waals surface area contributed by atoms with Crippen molar-refractivity contribution in [2.24, 2.45) is 4.99 Å². The minimum absolute atomic E-state index is 0.860.